The van der Waals surface area contributed by atoms with Crippen molar-refractivity contribution in [1.82, 2.24) is 25.1 Å². The predicted octanol–water partition coefficient (Wildman–Crippen LogP) is -0.746. The van der Waals surface area contributed by atoms with Gasteiger partial charge in [0.05, 0.1) is 19.3 Å². The van der Waals surface area contributed by atoms with E-state index in [1.807, 2.05) is 0 Å². The van der Waals surface area contributed by atoms with Gasteiger partial charge in [0.15, 0.2) is 5.82 Å². The molecule has 1 saturated carbocycles. The van der Waals surface area contributed by atoms with Gasteiger partial charge in [0, 0.05) is 19.1 Å². The third kappa shape index (κ3) is 4.74. The van der Waals surface area contributed by atoms with Crippen LogP contribution in [0.4, 0.5) is 0 Å². The van der Waals surface area contributed by atoms with Crippen molar-refractivity contribution >= 4 is 15.9 Å². The summed E-state index contributed by atoms with van der Waals surface area (Å²) in [5.74, 6) is 1.91. The van der Waals surface area contributed by atoms with Crippen LogP contribution in [0.15, 0.2) is 4.52 Å². The number of sulfonamides is 1. The lowest BCUT2D eigenvalue weighted by molar-refractivity contribution is -0.120. The van der Waals surface area contributed by atoms with Crippen LogP contribution in [0.3, 0.4) is 0 Å². The van der Waals surface area contributed by atoms with Crippen LogP contribution in [-0.4, -0.2) is 61.3 Å². The second-order valence-electron chi connectivity index (χ2n) is 6.70. The molecule has 10 heteroatoms. The average Bonchev–Trinajstić information content (AvgIpc) is 3.14. The van der Waals surface area contributed by atoms with Crippen LogP contribution in [0.5, 0.6) is 0 Å². The largest absolute Gasteiger partial charge is 0.351 e. The molecule has 2 heterocycles. The van der Waals surface area contributed by atoms with Crippen LogP contribution in [0, 0.1) is 18.8 Å². The number of nitrogens with one attached hydrogen (secondary N) is 2. The maximum absolute atomic E-state index is 12.0. The summed E-state index contributed by atoms with van der Waals surface area (Å²) >= 11 is 0. The standard InChI is InChI=1S/C14H23N5O4S/c1-9-16-14(23-18-9)8-19-6-11(10-3-4-10)12(7-19)17-13(20)5-15-24(2,21)22/h10-12,15H,3-8H2,1-2H3,(H,17,20)/t11-,12+/m1/s1. The normalized spacial score (nSPS) is 25.1. The van der Waals surface area contributed by atoms with E-state index in [1.54, 1.807) is 6.92 Å². The summed E-state index contributed by atoms with van der Waals surface area (Å²) in [7, 11) is -3.37. The molecule has 1 saturated heterocycles. The van der Waals surface area contributed by atoms with Gasteiger partial charge in [0.2, 0.25) is 21.8 Å². The lowest BCUT2D eigenvalue weighted by atomic mass is 9.98. The Morgan fingerprint density at radius 1 is 1.38 bits per heavy atom. The van der Waals surface area contributed by atoms with Crippen LogP contribution in [0.25, 0.3) is 0 Å². The van der Waals surface area contributed by atoms with Crippen LogP contribution < -0.4 is 10.0 Å². The highest BCUT2D eigenvalue weighted by molar-refractivity contribution is 7.88. The fourth-order valence-electron chi connectivity index (χ4n) is 3.25. The van der Waals surface area contributed by atoms with Crippen LogP contribution in [0.1, 0.15) is 24.6 Å². The van der Waals surface area contributed by atoms with Crippen molar-refractivity contribution < 1.29 is 17.7 Å². The SMILES string of the molecule is Cc1noc(CN2C[C@H](NC(=O)CNS(C)(=O)=O)[C@@H](C3CC3)C2)n1. The summed E-state index contributed by atoms with van der Waals surface area (Å²) in [4.78, 5) is 18.4. The predicted molar refractivity (Wildman–Crippen MR) is 85.3 cm³/mol. The molecule has 3 rings (SSSR count). The minimum atomic E-state index is -3.37. The highest BCUT2D eigenvalue weighted by Gasteiger charge is 2.43. The fraction of sp³-hybridized carbons (Fsp3) is 0.786. The summed E-state index contributed by atoms with van der Waals surface area (Å²) in [6, 6.07) is 0.0235. The quantitative estimate of drug-likeness (QED) is 0.659. The number of likely N-dealkylation sites (tertiary alicyclic amines) is 1. The Morgan fingerprint density at radius 2 is 2.12 bits per heavy atom. The van der Waals surface area contributed by atoms with Crippen molar-refractivity contribution in [2.24, 2.45) is 11.8 Å². The van der Waals surface area contributed by atoms with E-state index in [2.05, 4.69) is 25.1 Å². The molecule has 0 bridgehead atoms. The number of carbonyl (C=O) groups is 1. The van der Waals surface area contributed by atoms with E-state index in [0.29, 0.717) is 36.6 Å². The molecule has 0 radical (unpaired) electrons. The van der Waals surface area contributed by atoms with Gasteiger partial charge >= 0.3 is 0 Å². The van der Waals surface area contributed by atoms with Crippen molar-refractivity contribution in [2.75, 3.05) is 25.9 Å². The molecule has 2 N–H and O–H groups in total. The number of hydrogen-bond acceptors (Lipinski definition) is 7. The third-order valence-corrected chi connectivity index (χ3v) is 5.11. The molecule has 1 aromatic rings. The molecule has 0 unspecified atom stereocenters. The molecule has 1 aliphatic carbocycles. The van der Waals surface area contributed by atoms with Gasteiger partial charge in [0.25, 0.3) is 0 Å². The van der Waals surface area contributed by atoms with Gasteiger partial charge in [-0.15, -0.1) is 0 Å². The minimum Gasteiger partial charge on any atom is -0.351 e. The molecule has 2 atom stereocenters. The zero-order valence-electron chi connectivity index (χ0n) is 13.9. The van der Waals surface area contributed by atoms with Crippen molar-refractivity contribution in [2.45, 2.75) is 32.4 Å². The van der Waals surface area contributed by atoms with Crippen molar-refractivity contribution in [1.29, 1.82) is 0 Å². The Morgan fingerprint density at radius 3 is 2.71 bits per heavy atom. The first-order valence-corrected chi connectivity index (χ1v) is 9.95. The van der Waals surface area contributed by atoms with E-state index < -0.39 is 10.0 Å². The number of amides is 1. The van der Waals surface area contributed by atoms with E-state index in [0.717, 1.165) is 12.8 Å². The minimum absolute atomic E-state index is 0.0235. The number of aryl methyl sites for hydroxylation is 1. The van der Waals surface area contributed by atoms with Crippen molar-refractivity contribution in [3.63, 3.8) is 0 Å². The van der Waals surface area contributed by atoms with Crippen LogP contribution in [0.2, 0.25) is 0 Å². The molecule has 0 spiro atoms. The summed E-state index contributed by atoms with van der Waals surface area (Å²) in [5.41, 5.74) is 0. The maximum atomic E-state index is 12.0. The molecule has 134 valence electrons. The molecule has 1 amide bonds. The molecule has 24 heavy (non-hydrogen) atoms. The first-order valence-electron chi connectivity index (χ1n) is 8.06. The highest BCUT2D eigenvalue weighted by atomic mass is 32.2. The molecule has 9 nitrogen and oxygen atoms in total. The third-order valence-electron chi connectivity index (χ3n) is 4.44. The zero-order chi connectivity index (χ0) is 17.3. The Balaban J connectivity index is 1.56. The maximum Gasteiger partial charge on any atom is 0.240 e. The Labute approximate surface area is 141 Å². The Hall–Kier alpha value is -1.52. The fourth-order valence-corrected chi connectivity index (χ4v) is 3.64. The number of hydrogen-bond donors (Lipinski definition) is 2. The smallest absolute Gasteiger partial charge is 0.240 e. The summed E-state index contributed by atoms with van der Waals surface area (Å²) in [6.45, 7) is 3.69. The lowest BCUT2D eigenvalue weighted by Gasteiger charge is -2.19. The van der Waals surface area contributed by atoms with Gasteiger partial charge < -0.3 is 9.84 Å². The van der Waals surface area contributed by atoms with E-state index in [1.165, 1.54) is 12.8 Å². The van der Waals surface area contributed by atoms with Gasteiger partial charge in [-0.1, -0.05) is 5.16 Å². The summed E-state index contributed by atoms with van der Waals surface area (Å²) in [5, 5.41) is 6.76. The van der Waals surface area contributed by atoms with Crippen LogP contribution in [-0.2, 0) is 21.4 Å². The number of rotatable bonds is 7. The Bertz CT molecular complexity index is 700. The number of nitrogens with zero attached hydrogens (tertiary/aromatic N) is 3. The van der Waals surface area contributed by atoms with Gasteiger partial charge in [-0.2, -0.15) is 4.98 Å². The van der Waals surface area contributed by atoms with E-state index in [9.17, 15) is 13.2 Å². The lowest BCUT2D eigenvalue weighted by Crippen LogP contribution is -2.45. The van der Waals surface area contributed by atoms with E-state index in [-0.39, 0.29) is 18.5 Å². The first-order chi connectivity index (χ1) is 11.3. The molecular formula is C14H23N5O4S. The molecule has 0 aromatic carbocycles. The van der Waals surface area contributed by atoms with Gasteiger partial charge in [-0.25, -0.2) is 13.1 Å². The van der Waals surface area contributed by atoms with E-state index in [4.69, 9.17) is 4.52 Å². The highest BCUT2D eigenvalue weighted by Crippen LogP contribution is 2.41. The van der Waals surface area contributed by atoms with Crippen LogP contribution >= 0.6 is 0 Å². The van der Waals surface area contributed by atoms with Crippen molar-refractivity contribution in [3.05, 3.63) is 11.7 Å². The van der Waals surface area contributed by atoms with Gasteiger partial charge in [-0.3, -0.25) is 9.69 Å². The molecular weight excluding hydrogens is 334 g/mol. The monoisotopic (exact) mass is 357 g/mol. The van der Waals surface area contributed by atoms with Gasteiger partial charge in [-0.05, 0) is 31.6 Å². The summed E-state index contributed by atoms with van der Waals surface area (Å²) in [6.07, 6.45) is 3.41. The Kier molecular flexibility index (Phi) is 4.88. The second-order valence-corrected chi connectivity index (χ2v) is 8.53. The topological polar surface area (TPSA) is 117 Å². The average molecular weight is 357 g/mol. The molecule has 2 aliphatic rings. The number of carbonyl (C=O) groups excluding carboxylic acids is 1. The number of aromatic nitrogens is 2. The summed E-state index contributed by atoms with van der Waals surface area (Å²) < 4.78 is 29.6. The molecule has 1 aliphatic heterocycles. The second kappa shape index (κ2) is 6.77. The first kappa shape index (κ1) is 17.3. The zero-order valence-corrected chi connectivity index (χ0v) is 14.7. The molecule has 1 aromatic heterocycles. The van der Waals surface area contributed by atoms with Crippen molar-refractivity contribution in [3.8, 4) is 0 Å². The van der Waals surface area contributed by atoms with E-state index >= 15 is 0 Å². The molecule has 2 fully saturated rings. The van der Waals surface area contributed by atoms with Gasteiger partial charge in [0.1, 0.15) is 0 Å².